The van der Waals surface area contributed by atoms with Crippen molar-refractivity contribution < 1.29 is 14.3 Å². The molecule has 0 spiro atoms. The normalized spacial score (nSPS) is 15.8. The van der Waals surface area contributed by atoms with Crippen molar-refractivity contribution in [1.29, 1.82) is 0 Å². The average Bonchev–Trinajstić information content (AvgIpc) is 2.54. The van der Waals surface area contributed by atoms with Crippen LogP contribution in [0.5, 0.6) is 0 Å². The second-order valence-corrected chi connectivity index (χ2v) is 6.09. The predicted octanol–water partition coefficient (Wildman–Crippen LogP) is 2.57. The second kappa shape index (κ2) is 7.50. The zero-order chi connectivity index (χ0) is 15.2. The first-order valence-corrected chi connectivity index (χ1v) is 8.50. The largest absolute Gasteiger partial charge is 0.469 e. The lowest BCUT2D eigenvalue weighted by Crippen LogP contribution is -2.40. The minimum atomic E-state index is -0.163. The van der Waals surface area contributed by atoms with Gasteiger partial charge in [-0.15, -0.1) is 0 Å². The van der Waals surface area contributed by atoms with Gasteiger partial charge in [0.1, 0.15) is 0 Å². The maximum atomic E-state index is 12.4. The topological polar surface area (TPSA) is 46.6 Å². The van der Waals surface area contributed by atoms with E-state index in [-0.39, 0.29) is 17.8 Å². The Kier molecular flexibility index (Phi) is 5.67. The molecule has 1 amide bonds. The van der Waals surface area contributed by atoms with Crippen LogP contribution in [0, 0.1) is 5.92 Å². The third-order valence-electron chi connectivity index (χ3n) is 3.83. The zero-order valence-corrected chi connectivity index (χ0v) is 13.3. The van der Waals surface area contributed by atoms with Crippen LogP contribution < -0.4 is 0 Å². The van der Waals surface area contributed by atoms with E-state index in [0.717, 1.165) is 11.3 Å². The molecule has 1 aliphatic rings. The van der Waals surface area contributed by atoms with Gasteiger partial charge in [-0.2, -0.15) is 11.8 Å². The van der Waals surface area contributed by atoms with Crippen molar-refractivity contribution in [3.05, 3.63) is 35.4 Å². The summed E-state index contributed by atoms with van der Waals surface area (Å²) in [5.74, 6) is 0.777. The van der Waals surface area contributed by atoms with Crippen molar-refractivity contribution in [3.63, 3.8) is 0 Å². The quantitative estimate of drug-likeness (QED) is 0.802. The summed E-state index contributed by atoms with van der Waals surface area (Å²) in [6.45, 7) is 1.23. The zero-order valence-electron chi connectivity index (χ0n) is 12.5. The molecule has 0 N–H and O–H groups in total. The smallest absolute Gasteiger partial charge is 0.308 e. The molecule has 4 nitrogen and oxygen atoms in total. The number of likely N-dealkylation sites (tertiary alicyclic amines) is 1. The van der Waals surface area contributed by atoms with Gasteiger partial charge in [0, 0.05) is 24.4 Å². The van der Waals surface area contributed by atoms with E-state index in [2.05, 4.69) is 6.26 Å². The molecule has 0 radical (unpaired) electrons. The molecule has 1 aromatic carbocycles. The van der Waals surface area contributed by atoms with E-state index in [1.807, 2.05) is 29.2 Å². The molecule has 114 valence electrons. The molecule has 1 saturated heterocycles. The number of carbonyl (C=O) groups excluding carboxylic acids is 2. The first kappa shape index (κ1) is 15.9. The number of esters is 1. The highest BCUT2D eigenvalue weighted by Gasteiger charge is 2.28. The Balaban J connectivity index is 1.93. The van der Waals surface area contributed by atoms with Gasteiger partial charge in [0.2, 0.25) is 0 Å². The number of amides is 1. The van der Waals surface area contributed by atoms with Crippen molar-refractivity contribution in [2.75, 3.05) is 26.5 Å². The molecule has 1 aromatic rings. The first-order valence-electron chi connectivity index (χ1n) is 7.10. The van der Waals surface area contributed by atoms with Crippen LogP contribution in [0.1, 0.15) is 28.8 Å². The first-order chi connectivity index (χ1) is 10.2. The third-order valence-corrected chi connectivity index (χ3v) is 4.45. The molecule has 0 aromatic heterocycles. The van der Waals surface area contributed by atoms with Crippen LogP contribution in [0.25, 0.3) is 0 Å². The van der Waals surface area contributed by atoms with Crippen LogP contribution in [0.2, 0.25) is 0 Å². The Hall–Kier alpha value is -1.49. The number of carbonyl (C=O) groups is 2. The van der Waals surface area contributed by atoms with Crippen molar-refractivity contribution >= 4 is 23.6 Å². The van der Waals surface area contributed by atoms with E-state index in [1.165, 1.54) is 12.7 Å². The molecule has 21 heavy (non-hydrogen) atoms. The Morgan fingerprint density at radius 1 is 1.24 bits per heavy atom. The van der Waals surface area contributed by atoms with Gasteiger partial charge >= 0.3 is 5.97 Å². The monoisotopic (exact) mass is 307 g/mol. The van der Waals surface area contributed by atoms with Gasteiger partial charge in [0.15, 0.2) is 0 Å². The minimum absolute atomic E-state index is 0.0500. The maximum Gasteiger partial charge on any atom is 0.308 e. The number of benzene rings is 1. The summed E-state index contributed by atoms with van der Waals surface area (Å²) in [5, 5.41) is 0. The summed E-state index contributed by atoms with van der Waals surface area (Å²) in [5.41, 5.74) is 1.94. The molecule has 2 rings (SSSR count). The summed E-state index contributed by atoms with van der Waals surface area (Å²) < 4.78 is 4.76. The van der Waals surface area contributed by atoms with Gasteiger partial charge in [-0.3, -0.25) is 9.59 Å². The molecular weight excluding hydrogens is 286 g/mol. The molecule has 1 heterocycles. The molecule has 0 unspecified atom stereocenters. The summed E-state index contributed by atoms with van der Waals surface area (Å²) in [4.78, 5) is 25.7. The van der Waals surface area contributed by atoms with E-state index < -0.39 is 0 Å². The third kappa shape index (κ3) is 4.00. The molecule has 1 aliphatic heterocycles. The van der Waals surface area contributed by atoms with Gasteiger partial charge in [-0.05, 0) is 36.8 Å². The van der Waals surface area contributed by atoms with Crippen molar-refractivity contribution in [1.82, 2.24) is 4.90 Å². The van der Waals surface area contributed by atoms with Crippen LogP contribution >= 0.6 is 11.8 Å². The Morgan fingerprint density at radius 2 is 1.86 bits per heavy atom. The lowest BCUT2D eigenvalue weighted by molar-refractivity contribution is -0.146. The predicted molar refractivity (Wildman–Crippen MR) is 84.3 cm³/mol. The number of rotatable bonds is 4. The number of hydrogen-bond donors (Lipinski definition) is 0. The number of piperidine rings is 1. The van der Waals surface area contributed by atoms with E-state index in [4.69, 9.17) is 4.74 Å². The van der Waals surface area contributed by atoms with E-state index in [1.54, 1.807) is 11.8 Å². The number of methoxy groups -OCH3 is 1. The van der Waals surface area contributed by atoms with Gasteiger partial charge in [-0.1, -0.05) is 12.1 Å². The summed E-state index contributed by atoms with van der Waals surface area (Å²) >= 11 is 1.76. The molecular formula is C16H21NO3S. The fourth-order valence-electron chi connectivity index (χ4n) is 2.58. The van der Waals surface area contributed by atoms with Crippen LogP contribution in [0.4, 0.5) is 0 Å². The summed E-state index contributed by atoms with van der Waals surface area (Å²) in [7, 11) is 1.41. The number of ether oxygens (including phenoxy) is 1. The van der Waals surface area contributed by atoms with Crippen molar-refractivity contribution in [3.8, 4) is 0 Å². The SMILES string of the molecule is COC(=O)C1CCN(C(=O)c2ccc(CSC)cc2)CC1. The van der Waals surface area contributed by atoms with Gasteiger partial charge < -0.3 is 9.64 Å². The summed E-state index contributed by atoms with van der Waals surface area (Å²) in [6.07, 6.45) is 3.43. The number of nitrogens with zero attached hydrogens (tertiary/aromatic N) is 1. The lowest BCUT2D eigenvalue weighted by atomic mass is 9.96. The Bertz CT molecular complexity index is 493. The molecule has 0 bridgehead atoms. The van der Waals surface area contributed by atoms with Gasteiger partial charge in [0.05, 0.1) is 13.0 Å². The Labute approximate surface area is 129 Å². The average molecular weight is 307 g/mol. The Morgan fingerprint density at radius 3 is 2.38 bits per heavy atom. The van der Waals surface area contributed by atoms with Crippen molar-refractivity contribution in [2.24, 2.45) is 5.92 Å². The maximum absolute atomic E-state index is 12.4. The molecule has 0 aliphatic carbocycles. The lowest BCUT2D eigenvalue weighted by Gasteiger charge is -2.30. The van der Waals surface area contributed by atoms with Crippen LogP contribution in [-0.4, -0.2) is 43.2 Å². The molecule has 5 heteroatoms. The second-order valence-electron chi connectivity index (χ2n) is 5.22. The minimum Gasteiger partial charge on any atom is -0.469 e. The molecule has 1 fully saturated rings. The number of hydrogen-bond acceptors (Lipinski definition) is 4. The fraction of sp³-hybridized carbons (Fsp3) is 0.500. The molecule has 0 atom stereocenters. The standard InChI is InChI=1S/C16H21NO3S/c1-20-16(19)14-7-9-17(10-8-14)15(18)13-5-3-12(4-6-13)11-21-2/h3-6,14H,7-11H2,1-2H3. The van der Waals surface area contributed by atoms with E-state index in [0.29, 0.717) is 25.9 Å². The van der Waals surface area contributed by atoms with E-state index >= 15 is 0 Å². The highest BCUT2D eigenvalue weighted by atomic mass is 32.2. The van der Waals surface area contributed by atoms with Crippen molar-refractivity contribution in [2.45, 2.75) is 18.6 Å². The molecule has 0 saturated carbocycles. The fourth-order valence-corrected chi connectivity index (χ4v) is 3.10. The van der Waals surface area contributed by atoms with E-state index in [9.17, 15) is 9.59 Å². The van der Waals surface area contributed by atoms with Crippen LogP contribution in [0.3, 0.4) is 0 Å². The number of thioether (sulfide) groups is 1. The van der Waals surface area contributed by atoms with Crippen LogP contribution in [0.15, 0.2) is 24.3 Å². The van der Waals surface area contributed by atoms with Crippen LogP contribution in [-0.2, 0) is 15.3 Å². The highest BCUT2D eigenvalue weighted by molar-refractivity contribution is 7.97. The summed E-state index contributed by atoms with van der Waals surface area (Å²) in [6, 6.07) is 7.79. The van der Waals surface area contributed by atoms with Gasteiger partial charge in [-0.25, -0.2) is 0 Å². The highest BCUT2D eigenvalue weighted by Crippen LogP contribution is 2.20. The van der Waals surface area contributed by atoms with Gasteiger partial charge in [0.25, 0.3) is 5.91 Å².